The number of pyridine rings is 1. The molecule has 1 aromatic heterocycles. The molecule has 0 saturated heterocycles. The third-order valence-corrected chi connectivity index (χ3v) is 5.17. The molecule has 0 fully saturated rings. The average molecular weight is 493 g/mol. The number of rotatable bonds is 5. The molecular weight excluding hydrogens is 473 g/mol. The van der Waals surface area contributed by atoms with Crippen LogP contribution in [0.15, 0.2) is 35.6 Å². The molecule has 1 atom stereocenters. The highest BCUT2D eigenvalue weighted by Gasteiger charge is 2.46. The van der Waals surface area contributed by atoms with Crippen molar-refractivity contribution in [2.24, 2.45) is 5.10 Å². The van der Waals surface area contributed by atoms with Gasteiger partial charge in [-0.1, -0.05) is 11.6 Å². The molecule has 1 aliphatic heterocycles. The maximum absolute atomic E-state index is 13.4. The van der Waals surface area contributed by atoms with Gasteiger partial charge in [-0.25, -0.2) is 9.99 Å². The van der Waals surface area contributed by atoms with Gasteiger partial charge in [-0.05, 0) is 50.6 Å². The summed E-state index contributed by atoms with van der Waals surface area (Å²) >= 11 is 6.10. The lowest BCUT2D eigenvalue weighted by molar-refractivity contribution is -0.117. The van der Waals surface area contributed by atoms with Crippen LogP contribution in [0.2, 0.25) is 5.02 Å². The number of carbonyl (C=O) groups is 2. The predicted octanol–water partition coefficient (Wildman–Crippen LogP) is 4.19. The van der Waals surface area contributed by atoms with Crippen LogP contribution in [0.1, 0.15) is 41.8 Å². The van der Waals surface area contributed by atoms with E-state index in [1.54, 1.807) is 20.8 Å². The van der Waals surface area contributed by atoms with Gasteiger partial charge in [0.25, 0.3) is 5.91 Å². The smallest absolute Gasteiger partial charge is 0.350 e. The highest BCUT2D eigenvalue weighted by Crippen LogP contribution is 2.34. The zero-order valence-corrected chi connectivity index (χ0v) is 19.1. The largest absolute Gasteiger partial charge is 0.431 e. The molecule has 178 valence electrons. The number of hydrazone groups is 1. The number of alkyl halides is 3. The van der Waals surface area contributed by atoms with Crippen molar-refractivity contribution < 1.29 is 22.8 Å². The fraction of sp³-hybridized carbons (Fsp3) is 0.318. The van der Waals surface area contributed by atoms with E-state index in [0.29, 0.717) is 5.56 Å². The minimum Gasteiger partial charge on any atom is -0.350 e. The molecule has 0 spiro atoms. The Kier molecular flexibility index (Phi) is 7.12. The molecule has 1 aromatic carbocycles. The zero-order valence-electron chi connectivity index (χ0n) is 18.4. The zero-order chi connectivity index (χ0) is 25.2. The van der Waals surface area contributed by atoms with Crippen LogP contribution in [-0.2, 0) is 4.79 Å². The molecule has 1 aliphatic rings. The minimum atomic E-state index is -4.76. The Labute approximate surface area is 198 Å². The Morgan fingerprint density at radius 2 is 2.03 bits per heavy atom. The maximum atomic E-state index is 13.4. The van der Waals surface area contributed by atoms with Gasteiger partial charge in [0.2, 0.25) is 5.91 Å². The number of aromatic nitrogens is 1. The first kappa shape index (κ1) is 25.0. The van der Waals surface area contributed by atoms with E-state index in [0.717, 1.165) is 5.01 Å². The summed E-state index contributed by atoms with van der Waals surface area (Å²) in [5.41, 5.74) is -0.497. The topological polar surface area (TPSA) is 110 Å². The summed E-state index contributed by atoms with van der Waals surface area (Å²) in [5, 5.41) is 18.9. The number of halogens is 4. The first-order valence-corrected chi connectivity index (χ1v) is 10.5. The van der Waals surface area contributed by atoms with Crippen molar-refractivity contribution in [3.05, 3.63) is 52.2 Å². The van der Waals surface area contributed by atoms with E-state index in [9.17, 15) is 28.0 Å². The number of nitrogens with one attached hydrogen (secondary N) is 2. The lowest BCUT2D eigenvalue weighted by Crippen LogP contribution is -2.40. The summed E-state index contributed by atoms with van der Waals surface area (Å²) in [6.07, 6.45) is -4.19. The Morgan fingerprint density at radius 3 is 2.62 bits per heavy atom. The SMILES string of the molecule is Cc1cc(C#N)cc(C(=O)NC(C)C)c1NC(=O)C1CC(C(F)(F)F)=NN1c1ncccc1Cl. The van der Waals surface area contributed by atoms with Gasteiger partial charge in [-0.3, -0.25) is 9.59 Å². The molecule has 0 saturated carbocycles. The van der Waals surface area contributed by atoms with E-state index in [-0.39, 0.29) is 33.7 Å². The molecule has 2 aromatic rings. The lowest BCUT2D eigenvalue weighted by Gasteiger charge is -2.24. The van der Waals surface area contributed by atoms with E-state index >= 15 is 0 Å². The van der Waals surface area contributed by atoms with Crippen molar-refractivity contribution in [1.29, 1.82) is 5.26 Å². The molecule has 2 amide bonds. The summed E-state index contributed by atoms with van der Waals surface area (Å²) in [4.78, 5) is 29.9. The van der Waals surface area contributed by atoms with Gasteiger partial charge < -0.3 is 10.6 Å². The van der Waals surface area contributed by atoms with Gasteiger partial charge in [0.05, 0.1) is 27.9 Å². The van der Waals surface area contributed by atoms with Gasteiger partial charge in [-0.15, -0.1) is 0 Å². The number of carbonyl (C=O) groups excluding carboxylic acids is 2. The number of hydrogen-bond donors (Lipinski definition) is 2. The molecule has 3 rings (SSSR count). The van der Waals surface area contributed by atoms with E-state index in [1.807, 2.05) is 6.07 Å². The number of anilines is 2. The second-order valence-corrected chi connectivity index (χ2v) is 8.27. The van der Waals surface area contributed by atoms with Crippen molar-refractivity contribution in [3.63, 3.8) is 0 Å². The summed E-state index contributed by atoms with van der Waals surface area (Å²) < 4.78 is 40.3. The number of aryl methyl sites for hydroxylation is 1. The Morgan fingerprint density at radius 1 is 1.32 bits per heavy atom. The van der Waals surface area contributed by atoms with Gasteiger partial charge >= 0.3 is 6.18 Å². The third-order valence-electron chi connectivity index (χ3n) is 4.87. The summed E-state index contributed by atoms with van der Waals surface area (Å²) in [7, 11) is 0. The quantitative estimate of drug-likeness (QED) is 0.650. The fourth-order valence-corrected chi connectivity index (χ4v) is 3.58. The fourth-order valence-electron chi connectivity index (χ4n) is 3.37. The van der Waals surface area contributed by atoms with Crippen LogP contribution in [-0.4, -0.2) is 40.8 Å². The van der Waals surface area contributed by atoms with Crippen LogP contribution >= 0.6 is 11.6 Å². The van der Waals surface area contributed by atoms with E-state index in [4.69, 9.17) is 11.6 Å². The van der Waals surface area contributed by atoms with Crippen molar-refractivity contribution in [1.82, 2.24) is 10.3 Å². The minimum absolute atomic E-state index is 0.0102. The standard InChI is InChI=1S/C22H20ClF3N6O2/c1-11(2)29-20(33)14-8-13(10-27)7-12(3)18(14)30-21(34)16-9-17(22(24,25)26)31-32(16)19-15(23)5-4-6-28-19/h4-8,11,16H,9H2,1-3H3,(H,29,33)(H,30,34). The number of nitrogens with zero attached hydrogens (tertiary/aromatic N) is 4. The Hall–Kier alpha value is -3.65. The summed E-state index contributed by atoms with van der Waals surface area (Å²) in [6, 6.07) is 5.95. The second-order valence-electron chi connectivity index (χ2n) is 7.86. The number of benzene rings is 1. The monoisotopic (exact) mass is 492 g/mol. The van der Waals surface area contributed by atoms with Gasteiger partial charge in [-0.2, -0.15) is 23.5 Å². The molecule has 1 unspecified atom stereocenters. The van der Waals surface area contributed by atoms with Crippen molar-refractivity contribution in [2.45, 2.75) is 45.5 Å². The van der Waals surface area contributed by atoms with Crippen LogP contribution in [0.25, 0.3) is 0 Å². The summed E-state index contributed by atoms with van der Waals surface area (Å²) in [5.74, 6) is -1.51. The molecule has 2 N–H and O–H groups in total. The first-order chi connectivity index (χ1) is 15.9. The molecule has 34 heavy (non-hydrogen) atoms. The molecule has 12 heteroatoms. The third kappa shape index (κ3) is 5.28. The van der Waals surface area contributed by atoms with Gasteiger partial charge in [0.15, 0.2) is 5.82 Å². The van der Waals surface area contributed by atoms with Crippen molar-refractivity contribution in [2.75, 3.05) is 10.3 Å². The normalized spacial score (nSPS) is 15.7. The van der Waals surface area contributed by atoms with E-state index in [1.165, 1.54) is 30.5 Å². The van der Waals surface area contributed by atoms with E-state index in [2.05, 4.69) is 20.7 Å². The Balaban J connectivity index is 2.01. The van der Waals surface area contributed by atoms with E-state index < -0.39 is 36.2 Å². The molecule has 0 radical (unpaired) electrons. The first-order valence-electron chi connectivity index (χ1n) is 10.1. The van der Waals surface area contributed by atoms with Gasteiger partial charge in [0, 0.05) is 18.7 Å². The lowest BCUT2D eigenvalue weighted by atomic mass is 10.0. The van der Waals surface area contributed by atoms with Crippen LogP contribution in [0.5, 0.6) is 0 Å². The molecule has 0 aliphatic carbocycles. The molecule has 8 nitrogen and oxygen atoms in total. The molecule has 0 bridgehead atoms. The number of amides is 2. The maximum Gasteiger partial charge on any atom is 0.431 e. The highest BCUT2D eigenvalue weighted by molar-refractivity contribution is 6.33. The predicted molar refractivity (Wildman–Crippen MR) is 121 cm³/mol. The Bertz CT molecular complexity index is 1210. The molecule has 2 heterocycles. The highest BCUT2D eigenvalue weighted by atomic mass is 35.5. The molecular formula is C22H20ClF3N6O2. The number of hydrogen-bond acceptors (Lipinski definition) is 6. The number of nitriles is 1. The van der Waals surface area contributed by atoms with Crippen LogP contribution in [0.4, 0.5) is 24.7 Å². The van der Waals surface area contributed by atoms with Crippen LogP contribution < -0.4 is 15.6 Å². The average Bonchev–Trinajstić information content (AvgIpc) is 3.20. The second kappa shape index (κ2) is 9.69. The van der Waals surface area contributed by atoms with Crippen LogP contribution in [0, 0.1) is 18.3 Å². The van der Waals surface area contributed by atoms with Crippen LogP contribution in [0.3, 0.4) is 0 Å². The van der Waals surface area contributed by atoms with Gasteiger partial charge in [0.1, 0.15) is 11.8 Å². The summed E-state index contributed by atoms with van der Waals surface area (Å²) in [6.45, 7) is 5.04. The van der Waals surface area contributed by atoms with Crippen molar-refractivity contribution >= 4 is 40.6 Å². The van der Waals surface area contributed by atoms with Crippen molar-refractivity contribution in [3.8, 4) is 6.07 Å².